The molecular formula is C10H17NO2S. The Bertz CT molecular complexity index is 234. The van der Waals surface area contributed by atoms with Gasteiger partial charge < -0.3 is 5.11 Å². The molecule has 2 aliphatic rings. The minimum absolute atomic E-state index is 0.203. The first kappa shape index (κ1) is 10.3. The lowest BCUT2D eigenvalue weighted by molar-refractivity contribution is -0.142. The number of carboxylic acid groups (broad SMARTS) is 1. The molecule has 0 bridgehead atoms. The van der Waals surface area contributed by atoms with Crippen molar-refractivity contribution in [3.63, 3.8) is 0 Å². The highest BCUT2D eigenvalue weighted by molar-refractivity contribution is 8.00. The number of hydrogen-bond donors (Lipinski definition) is 1. The Balaban J connectivity index is 1.99. The summed E-state index contributed by atoms with van der Waals surface area (Å²) in [6.07, 6.45) is 3.05. The van der Waals surface area contributed by atoms with Crippen LogP contribution in [0.25, 0.3) is 0 Å². The molecule has 2 aliphatic heterocycles. The van der Waals surface area contributed by atoms with E-state index in [9.17, 15) is 4.79 Å². The van der Waals surface area contributed by atoms with Gasteiger partial charge in [0.2, 0.25) is 0 Å². The van der Waals surface area contributed by atoms with Gasteiger partial charge in [-0.2, -0.15) is 11.8 Å². The van der Waals surface area contributed by atoms with Gasteiger partial charge in [-0.1, -0.05) is 6.92 Å². The molecule has 2 saturated heterocycles. The molecule has 2 heterocycles. The smallest absolute Gasteiger partial charge is 0.320 e. The molecule has 0 spiro atoms. The molecule has 80 valence electrons. The van der Waals surface area contributed by atoms with E-state index in [2.05, 4.69) is 11.8 Å². The number of thioether (sulfide) groups is 1. The van der Waals surface area contributed by atoms with Crippen molar-refractivity contribution in [1.29, 1.82) is 0 Å². The van der Waals surface area contributed by atoms with Crippen LogP contribution < -0.4 is 0 Å². The fourth-order valence-electron chi connectivity index (χ4n) is 2.52. The van der Waals surface area contributed by atoms with E-state index < -0.39 is 5.97 Å². The van der Waals surface area contributed by atoms with Crippen LogP contribution in [0.15, 0.2) is 0 Å². The van der Waals surface area contributed by atoms with Crippen LogP contribution in [0.5, 0.6) is 0 Å². The molecule has 0 aromatic heterocycles. The van der Waals surface area contributed by atoms with Crippen molar-refractivity contribution < 1.29 is 9.90 Å². The Morgan fingerprint density at radius 2 is 2.36 bits per heavy atom. The molecule has 3 unspecified atom stereocenters. The molecular weight excluding hydrogens is 198 g/mol. The minimum atomic E-state index is -0.632. The SMILES string of the molecule is CC1CC(N2CCCC2C(=O)O)CS1. The van der Waals surface area contributed by atoms with Crippen LogP contribution in [0.1, 0.15) is 26.2 Å². The van der Waals surface area contributed by atoms with Gasteiger partial charge in [0, 0.05) is 17.0 Å². The van der Waals surface area contributed by atoms with Gasteiger partial charge in [0.1, 0.15) is 6.04 Å². The average Bonchev–Trinajstić information content (AvgIpc) is 2.70. The Labute approximate surface area is 88.9 Å². The largest absolute Gasteiger partial charge is 0.480 e. The molecule has 0 aliphatic carbocycles. The third-order valence-electron chi connectivity index (χ3n) is 3.23. The van der Waals surface area contributed by atoms with Gasteiger partial charge in [0.25, 0.3) is 0 Å². The summed E-state index contributed by atoms with van der Waals surface area (Å²) in [6.45, 7) is 3.21. The van der Waals surface area contributed by atoms with Gasteiger partial charge in [-0.05, 0) is 25.8 Å². The first-order valence-electron chi connectivity index (χ1n) is 5.28. The summed E-state index contributed by atoms with van der Waals surface area (Å²) in [4.78, 5) is 13.2. The van der Waals surface area contributed by atoms with Crippen molar-refractivity contribution in [3.8, 4) is 0 Å². The van der Waals surface area contributed by atoms with Gasteiger partial charge in [-0.3, -0.25) is 9.69 Å². The lowest BCUT2D eigenvalue weighted by Gasteiger charge is -2.27. The molecule has 14 heavy (non-hydrogen) atoms. The summed E-state index contributed by atoms with van der Waals surface area (Å²) in [5.41, 5.74) is 0. The lowest BCUT2D eigenvalue weighted by Crippen LogP contribution is -2.43. The van der Waals surface area contributed by atoms with Gasteiger partial charge >= 0.3 is 5.97 Å². The van der Waals surface area contributed by atoms with Gasteiger partial charge in [0.05, 0.1) is 0 Å². The van der Waals surface area contributed by atoms with Gasteiger partial charge in [-0.25, -0.2) is 0 Å². The van der Waals surface area contributed by atoms with E-state index >= 15 is 0 Å². The summed E-state index contributed by atoms with van der Waals surface area (Å²) >= 11 is 1.97. The fraction of sp³-hybridized carbons (Fsp3) is 0.900. The Kier molecular flexibility index (Phi) is 3.02. The van der Waals surface area contributed by atoms with Crippen molar-refractivity contribution in [2.24, 2.45) is 0 Å². The van der Waals surface area contributed by atoms with Crippen LogP contribution in [0.2, 0.25) is 0 Å². The maximum absolute atomic E-state index is 11.0. The molecule has 0 amide bonds. The number of nitrogens with zero attached hydrogens (tertiary/aromatic N) is 1. The quantitative estimate of drug-likeness (QED) is 0.756. The van der Waals surface area contributed by atoms with E-state index in [1.165, 1.54) is 0 Å². The monoisotopic (exact) mass is 215 g/mol. The zero-order valence-corrected chi connectivity index (χ0v) is 9.30. The molecule has 1 N–H and O–H groups in total. The molecule has 3 nitrogen and oxygen atoms in total. The summed E-state index contributed by atoms with van der Waals surface area (Å²) in [5.74, 6) is 0.484. The molecule has 0 aromatic rings. The van der Waals surface area contributed by atoms with Gasteiger partial charge in [-0.15, -0.1) is 0 Å². The predicted octanol–water partition coefficient (Wildman–Crippen LogP) is 1.43. The standard InChI is InChI=1S/C10H17NO2S/c1-7-5-8(6-14-7)11-4-2-3-9(11)10(12)13/h7-9H,2-6H2,1H3,(H,12,13). The molecule has 0 saturated carbocycles. The van der Waals surface area contributed by atoms with Crippen LogP contribution in [-0.4, -0.2) is 45.6 Å². The van der Waals surface area contributed by atoms with Crippen LogP contribution in [0.3, 0.4) is 0 Å². The number of hydrogen-bond acceptors (Lipinski definition) is 3. The third kappa shape index (κ3) is 1.91. The van der Waals surface area contributed by atoms with Crippen LogP contribution in [0, 0.1) is 0 Å². The average molecular weight is 215 g/mol. The number of aliphatic carboxylic acids is 1. The Morgan fingerprint density at radius 1 is 1.57 bits per heavy atom. The lowest BCUT2D eigenvalue weighted by atomic mass is 10.1. The predicted molar refractivity (Wildman–Crippen MR) is 57.7 cm³/mol. The van der Waals surface area contributed by atoms with Crippen LogP contribution >= 0.6 is 11.8 Å². The Hall–Kier alpha value is -0.220. The minimum Gasteiger partial charge on any atom is -0.480 e. The van der Waals surface area contributed by atoms with Crippen molar-refractivity contribution >= 4 is 17.7 Å². The zero-order chi connectivity index (χ0) is 10.1. The van der Waals surface area contributed by atoms with Crippen LogP contribution in [-0.2, 0) is 4.79 Å². The molecule has 0 aromatic carbocycles. The summed E-state index contributed by atoms with van der Waals surface area (Å²) in [5, 5.41) is 9.77. The third-order valence-corrected chi connectivity index (χ3v) is 4.56. The van der Waals surface area contributed by atoms with Gasteiger partial charge in [0.15, 0.2) is 0 Å². The second-order valence-corrected chi connectivity index (χ2v) is 5.74. The summed E-state index contributed by atoms with van der Waals surface area (Å²) in [6, 6.07) is 0.310. The normalized spacial score (nSPS) is 39.1. The fourth-order valence-corrected chi connectivity index (χ4v) is 3.75. The maximum atomic E-state index is 11.0. The van der Waals surface area contributed by atoms with E-state index in [1.54, 1.807) is 0 Å². The van der Waals surface area contributed by atoms with E-state index in [4.69, 9.17) is 5.11 Å². The summed E-state index contributed by atoms with van der Waals surface area (Å²) in [7, 11) is 0. The maximum Gasteiger partial charge on any atom is 0.320 e. The highest BCUT2D eigenvalue weighted by Gasteiger charge is 2.37. The first-order valence-corrected chi connectivity index (χ1v) is 6.33. The number of likely N-dealkylation sites (tertiary alicyclic amines) is 1. The highest BCUT2D eigenvalue weighted by Crippen LogP contribution is 2.33. The highest BCUT2D eigenvalue weighted by atomic mass is 32.2. The van der Waals surface area contributed by atoms with E-state index in [0.29, 0.717) is 11.3 Å². The number of carboxylic acids is 1. The van der Waals surface area contributed by atoms with E-state index in [1.807, 2.05) is 11.8 Å². The van der Waals surface area contributed by atoms with Crippen molar-refractivity contribution in [2.75, 3.05) is 12.3 Å². The Morgan fingerprint density at radius 3 is 2.93 bits per heavy atom. The second kappa shape index (κ2) is 4.11. The van der Waals surface area contributed by atoms with E-state index in [-0.39, 0.29) is 6.04 Å². The van der Waals surface area contributed by atoms with E-state index in [0.717, 1.165) is 31.6 Å². The topological polar surface area (TPSA) is 40.5 Å². The van der Waals surface area contributed by atoms with Crippen LogP contribution in [0.4, 0.5) is 0 Å². The van der Waals surface area contributed by atoms with Crippen molar-refractivity contribution in [2.45, 2.75) is 43.5 Å². The van der Waals surface area contributed by atoms with Crippen molar-refractivity contribution in [1.82, 2.24) is 4.90 Å². The molecule has 3 atom stereocenters. The van der Waals surface area contributed by atoms with Crippen molar-refractivity contribution in [3.05, 3.63) is 0 Å². The number of rotatable bonds is 2. The second-order valence-electron chi connectivity index (χ2n) is 4.27. The molecule has 0 radical (unpaired) electrons. The molecule has 4 heteroatoms. The number of carbonyl (C=O) groups is 1. The molecule has 2 fully saturated rings. The first-order chi connectivity index (χ1) is 6.68. The zero-order valence-electron chi connectivity index (χ0n) is 8.48. The summed E-state index contributed by atoms with van der Waals surface area (Å²) < 4.78 is 0. The molecule has 2 rings (SSSR count).